The number of amides is 1. The molecule has 120 valence electrons. The van der Waals surface area contributed by atoms with E-state index >= 15 is 0 Å². The van der Waals surface area contributed by atoms with Gasteiger partial charge in [0.15, 0.2) is 10.8 Å². The molecule has 0 radical (unpaired) electrons. The van der Waals surface area contributed by atoms with Crippen LogP contribution in [-0.4, -0.2) is 20.7 Å². The van der Waals surface area contributed by atoms with Crippen LogP contribution in [0.2, 0.25) is 0 Å². The third-order valence-corrected chi connectivity index (χ3v) is 5.60. The minimum absolute atomic E-state index is 0.222. The van der Waals surface area contributed by atoms with Crippen LogP contribution in [0.3, 0.4) is 0 Å². The molecule has 1 amide bonds. The van der Waals surface area contributed by atoms with Crippen molar-refractivity contribution in [2.75, 3.05) is 5.32 Å². The Morgan fingerprint density at radius 2 is 2.17 bits per heavy atom. The summed E-state index contributed by atoms with van der Waals surface area (Å²) in [5.74, 6) is -0.235. The van der Waals surface area contributed by atoms with Crippen molar-refractivity contribution in [1.29, 1.82) is 0 Å². The number of aromatic nitrogens is 3. The van der Waals surface area contributed by atoms with Gasteiger partial charge in [-0.3, -0.25) is 14.8 Å². The summed E-state index contributed by atoms with van der Waals surface area (Å²) in [6.07, 6.45) is 0. The largest absolute Gasteiger partial charge is 0.296 e. The predicted molar refractivity (Wildman–Crippen MR) is 98.4 cm³/mol. The number of hydrogen-bond acceptors (Lipinski definition) is 5. The number of nitrogens with zero attached hydrogens (tertiary/aromatic N) is 3. The van der Waals surface area contributed by atoms with E-state index in [1.807, 2.05) is 43.0 Å². The Hall–Kier alpha value is -1.51. The third-order valence-electron chi connectivity index (χ3n) is 3.19. The van der Waals surface area contributed by atoms with Crippen molar-refractivity contribution in [3.8, 4) is 10.6 Å². The van der Waals surface area contributed by atoms with Crippen molar-refractivity contribution in [3.05, 3.63) is 38.8 Å². The third kappa shape index (κ3) is 3.54. The van der Waals surface area contributed by atoms with Crippen molar-refractivity contribution in [3.63, 3.8) is 0 Å². The van der Waals surface area contributed by atoms with Gasteiger partial charge in [-0.15, -0.1) is 22.7 Å². The molecule has 0 aromatic carbocycles. The van der Waals surface area contributed by atoms with Gasteiger partial charge in [-0.1, -0.05) is 0 Å². The molecule has 0 saturated heterocycles. The highest BCUT2D eigenvalue weighted by molar-refractivity contribution is 9.11. The summed E-state index contributed by atoms with van der Waals surface area (Å²) < 4.78 is 2.89. The lowest BCUT2D eigenvalue weighted by molar-refractivity contribution is 0.102. The van der Waals surface area contributed by atoms with E-state index in [0.29, 0.717) is 10.8 Å². The lowest BCUT2D eigenvalue weighted by Crippen LogP contribution is -2.13. The van der Waals surface area contributed by atoms with Crippen LogP contribution in [-0.2, 0) is 0 Å². The standard InChI is InChI=1S/C15H15BrN4OS2/c1-8(2)20-9(3)6-10(19-20)14(21)18-15-17-11(7-22-15)12-4-5-13(16)23-12/h4-8H,1-3H3,(H,17,18,21). The van der Waals surface area contributed by atoms with Crippen LogP contribution in [0.5, 0.6) is 0 Å². The van der Waals surface area contributed by atoms with Gasteiger partial charge >= 0.3 is 0 Å². The molecule has 3 aromatic heterocycles. The van der Waals surface area contributed by atoms with E-state index in [1.165, 1.54) is 11.3 Å². The number of anilines is 1. The molecule has 0 saturated carbocycles. The minimum atomic E-state index is -0.235. The summed E-state index contributed by atoms with van der Waals surface area (Å²) in [5, 5.41) is 9.68. The number of rotatable bonds is 4. The topological polar surface area (TPSA) is 59.8 Å². The van der Waals surface area contributed by atoms with Gasteiger partial charge in [-0.25, -0.2) is 4.98 Å². The zero-order valence-corrected chi connectivity index (χ0v) is 16.1. The number of nitrogens with one attached hydrogen (secondary N) is 1. The number of halogens is 1. The lowest BCUT2D eigenvalue weighted by Gasteiger charge is -2.06. The molecule has 0 aliphatic carbocycles. The SMILES string of the molecule is Cc1cc(C(=O)Nc2nc(-c3ccc(Br)s3)cs2)nn1C(C)C. The van der Waals surface area contributed by atoms with Crippen molar-refractivity contribution < 1.29 is 4.79 Å². The van der Waals surface area contributed by atoms with Crippen LogP contribution in [0.1, 0.15) is 36.1 Å². The molecule has 0 spiro atoms. The molecule has 3 heterocycles. The minimum Gasteiger partial charge on any atom is -0.296 e. The van der Waals surface area contributed by atoms with Crippen LogP contribution < -0.4 is 5.32 Å². The fourth-order valence-electron chi connectivity index (χ4n) is 2.18. The van der Waals surface area contributed by atoms with E-state index in [-0.39, 0.29) is 11.9 Å². The Kier molecular flexibility index (Phi) is 4.65. The van der Waals surface area contributed by atoms with Gasteiger partial charge in [0, 0.05) is 17.1 Å². The Labute approximate surface area is 150 Å². The van der Waals surface area contributed by atoms with Crippen LogP contribution in [0, 0.1) is 6.92 Å². The summed E-state index contributed by atoms with van der Waals surface area (Å²) in [4.78, 5) is 17.9. The second kappa shape index (κ2) is 6.54. The molecule has 0 fully saturated rings. The molecule has 0 aliphatic rings. The van der Waals surface area contributed by atoms with Gasteiger partial charge in [-0.05, 0) is 54.9 Å². The zero-order chi connectivity index (χ0) is 16.6. The number of thiophene rings is 1. The molecule has 8 heteroatoms. The van der Waals surface area contributed by atoms with Crippen molar-refractivity contribution in [1.82, 2.24) is 14.8 Å². The maximum absolute atomic E-state index is 12.3. The maximum Gasteiger partial charge on any atom is 0.277 e. The Morgan fingerprint density at radius 3 is 2.78 bits per heavy atom. The molecule has 5 nitrogen and oxygen atoms in total. The molecule has 1 N–H and O–H groups in total. The average Bonchev–Trinajstić information content (AvgIpc) is 3.18. The molecule has 0 aliphatic heterocycles. The lowest BCUT2D eigenvalue weighted by atomic mass is 10.3. The maximum atomic E-state index is 12.3. The van der Waals surface area contributed by atoms with Gasteiger partial charge in [0.25, 0.3) is 5.91 Å². The van der Waals surface area contributed by atoms with E-state index < -0.39 is 0 Å². The molecular weight excluding hydrogens is 396 g/mol. The first-order chi connectivity index (χ1) is 10.9. The number of hydrogen-bond donors (Lipinski definition) is 1. The first kappa shape index (κ1) is 16.4. The van der Waals surface area contributed by atoms with Crippen LogP contribution in [0.25, 0.3) is 10.6 Å². The zero-order valence-electron chi connectivity index (χ0n) is 12.8. The quantitative estimate of drug-likeness (QED) is 0.659. The summed E-state index contributed by atoms with van der Waals surface area (Å²) in [6.45, 7) is 6.02. The molecular formula is C15H15BrN4OS2. The fraction of sp³-hybridized carbons (Fsp3) is 0.267. The summed E-state index contributed by atoms with van der Waals surface area (Å²) >= 11 is 6.46. The first-order valence-electron chi connectivity index (χ1n) is 7.03. The van der Waals surface area contributed by atoms with Crippen LogP contribution in [0.4, 0.5) is 5.13 Å². The highest BCUT2D eigenvalue weighted by atomic mass is 79.9. The van der Waals surface area contributed by atoms with Crippen LogP contribution >= 0.6 is 38.6 Å². The molecule has 3 aromatic rings. The van der Waals surface area contributed by atoms with Crippen molar-refractivity contribution in [2.45, 2.75) is 26.8 Å². The highest BCUT2D eigenvalue weighted by Crippen LogP contribution is 2.33. The number of thiazole rings is 1. The average molecular weight is 411 g/mol. The Balaban J connectivity index is 1.76. The number of carbonyl (C=O) groups is 1. The summed E-state index contributed by atoms with van der Waals surface area (Å²) in [5.41, 5.74) is 2.24. The van der Waals surface area contributed by atoms with Crippen molar-refractivity contribution >= 4 is 49.6 Å². The van der Waals surface area contributed by atoms with Gasteiger partial charge in [0.05, 0.1) is 14.4 Å². The van der Waals surface area contributed by atoms with Crippen LogP contribution in [0.15, 0.2) is 27.4 Å². The van der Waals surface area contributed by atoms with Gasteiger partial charge < -0.3 is 0 Å². The Morgan fingerprint density at radius 1 is 1.39 bits per heavy atom. The van der Waals surface area contributed by atoms with Crippen molar-refractivity contribution in [2.24, 2.45) is 0 Å². The van der Waals surface area contributed by atoms with E-state index in [1.54, 1.807) is 17.4 Å². The molecule has 23 heavy (non-hydrogen) atoms. The Bertz CT molecular complexity index is 849. The van der Waals surface area contributed by atoms with Gasteiger partial charge in [-0.2, -0.15) is 5.10 Å². The van der Waals surface area contributed by atoms with E-state index in [4.69, 9.17) is 0 Å². The fourth-order valence-corrected chi connectivity index (χ4v) is 4.31. The number of carbonyl (C=O) groups excluding carboxylic acids is 1. The normalized spacial score (nSPS) is 11.2. The number of aryl methyl sites for hydroxylation is 1. The van der Waals surface area contributed by atoms with Gasteiger partial charge in [0.1, 0.15) is 0 Å². The second-order valence-corrected chi connectivity index (χ2v) is 8.63. The highest BCUT2D eigenvalue weighted by Gasteiger charge is 2.16. The van der Waals surface area contributed by atoms with E-state index in [0.717, 1.165) is 20.1 Å². The monoisotopic (exact) mass is 410 g/mol. The smallest absolute Gasteiger partial charge is 0.277 e. The predicted octanol–water partition coefficient (Wildman–Crippen LogP) is 4.97. The molecule has 0 unspecified atom stereocenters. The second-order valence-electron chi connectivity index (χ2n) is 5.31. The first-order valence-corrected chi connectivity index (χ1v) is 9.51. The molecule has 3 rings (SSSR count). The molecule has 0 atom stereocenters. The van der Waals surface area contributed by atoms with Gasteiger partial charge in [0.2, 0.25) is 0 Å². The van der Waals surface area contributed by atoms with E-state index in [9.17, 15) is 4.79 Å². The summed E-state index contributed by atoms with van der Waals surface area (Å²) in [6, 6.07) is 6.00. The summed E-state index contributed by atoms with van der Waals surface area (Å²) in [7, 11) is 0. The van der Waals surface area contributed by atoms with E-state index in [2.05, 4.69) is 31.3 Å². The molecule has 0 bridgehead atoms.